The van der Waals surface area contributed by atoms with Crippen LogP contribution < -0.4 is 0 Å². The second kappa shape index (κ2) is 7.13. The molecule has 0 aliphatic rings. The first-order valence-corrected chi connectivity index (χ1v) is 9.51. The molecular formula is C20H14ClFN2O2S. The summed E-state index contributed by atoms with van der Waals surface area (Å²) in [6, 6.07) is 15.3. The van der Waals surface area contributed by atoms with E-state index < -0.39 is 5.92 Å². The van der Waals surface area contributed by atoms with Crippen molar-refractivity contribution in [1.82, 2.24) is 4.98 Å². The van der Waals surface area contributed by atoms with Gasteiger partial charge in [0.25, 0.3) is 0 Å². The van der Waals surface area contributed by atoms with Crippen molar-refractivity contribution in [2.45, 2.75) is 5.92 Å². The molecule has 0 spiro atoms. The molecule has 4 nitrogen and oxygen atoms in total. The molecule has 2 aromatic heterocycles. The molecule has 0 amide bonds. The van der Waals surface area contributed by atoms with Crippen molar-refractivity contribution in [3.05, 3.63) is 91.4 Å². The van der Waals surface area contributed by atoms with Gasteiger partial charge in [-0.1, -0.05) is 23.7 Å². The smallest absolute Gasteiger partial charge is 0.215 e. The third-order valence-corrected chi connectivity index (χ3v) is 5.72. The summed E-state index contributed by atoms with van der Waals surface area (Å²) < 4.78 is 13.4. The first-order valence-electron chi connectivity index (χ1n) is 8.25. The largest absolute Gasteiger partial charge is 0.354 e. The molecule has 0 aliphatic carbocycles. The van der Waals surface area contributed by atoms with Crippen molar-refractivity contribution >= 4 is 33.8 Å². The van der Waals surface area contributed by atoms with Gasteiger partial charge in [0.1, 0.15) is 5.82 Å². The number of nitrogens with zero attached hydrogens (tertiary/aromatic N) is 1. The molecule has 1 unspecified atom stereocenters. The molecule has 0 fully saturated rings. The van der Waals surface area contributed by atoms with Crippen LogP contribution in [-0.4, -0.2) is 16.5 Å². The summed E-state index contributed by atoms with van der Waals surface area (Å²) in [6.45, 7) is -0.232. The van der Waals surface area contributed by atoms with Crippen molar-refractivity contribution in [2.24, 2.45) is 0 Å². The Bertz CT molecular complexity index is 1110. The molecule has 1 N–H and O–H groups in total. The molecule has 1 atom stereocenters. The summed E-state index contributed by atoms with van der Waals surface area (Å²) in [7, 11) is 0. The van der Waals surface area contributed by atoms with Gasteiger partial charge in [-0.25, -0.2) is 4.39 Å². The summed E-state index contributed by atoms with van der Waals surface area (Å²) in [5, 5.41) is 14.8. The number of aromatic amines is 1. The van der Waals surface area contributed by atoms with E-state index in [0.717, 1.165) is 32.6 Å². The van der Waals surface area contributed by atoms with Crippen LogP contribution in [0.25, 0.3) is 22.2 Å². The Morgan fingerprint density at radius 3 is 2.63 bits per heavy atom. The Morgan fingerprint density at radius 2 is 1.96 bits per heavy atom. The van der Waals surface area contributed by atoms with Gasteiger partial charge in [-0.15, -0.1) is 11.3 Å². The number of nitro groups is 1. The van der Waals surface area contributed by atoms with E-state index in [2.05, 4.69) is 4.98 Å². The third kappa shape index (κ3) is 3.46. The van der Waals surface area contributed by atoms with Gasteiger partial charge < -0.3 is 4.98 Å². The quantitative estimate of drug-likeness (QED) is 0.325. The van der Waals surface area contributed by atoms with Crippen molar-refractivity contribution in [2.75, 3.05) is 6.54 Å². The van der Waals surface area contributed by atoms with Crippen molar-refractivity contribution in [1.29, 1.82) is 0 Å². The predicted molar refractivity (Wildman–Crippen MR) is 107 cm³/mol. The summed E-state index contributed by atoms with van der Waals surface area (Å²) >= 11 is 7.62. The summed E-state index contributed by atoms with van der Waals surface area (Å²) in [5.41, 5.74) is 3.13. The number of nitrogens with one attached hydrogen (secondary N) is 1. The van der Waals surface area contributed by atoms with E-state index in [1.165, 1.54) is 23.5 Å². The Balaban J connectivity index is 1.99. The maximum Gasteiger partial charge on any atom is 0.215 e. The standard InChI is InChI=1S/C20H14ClFN2O2S/c21-13-5-8-15-17(10-13)23-20(12-3-6-14(22)7-4-12)19(15)16(11-24(25)26)18-2-1-9-27-18/h1-10,16,23H,11H2. The number of aromatic nitrogens is 1. The van der Waals surface area contributed by atoms with Gasteiger partial charge >= 0.3 is 0 Å². The second-order valence-electron chi connectivity index (χ2n) is 6.19. The predicted octanol–water partition coefficient (Wildman–Crippen LogP) is 6.10. The monoisotopic (exact) mass is 400 g/mol. The first-order chi connectivity index (χ1) is 13.0. The summed E-state index contributed by atoms with van der Waals surface area (Å²) in [4.78, 5) is 15.4. The molecule has 2 heterocycles. The highest BCUT2D eigenvalue weighted by Gasteiger charge is 2.28. The van der Waals surface area contributed by atoms with Gasteiger partial charge in [0.2, 0.25) is 6.54 Å². The van der Waals surface area contributed by atoms with Crippen LogP contribution >= 0.6 is 22.9 Å². The van der Waals surface area contributed by atoms with Crippen LogP contribution in [0.1, 0.15) is 16.4 Å². The lowest BCUT2D eigenvalue weighted by Gasteiger charge is -2.14. The molecule has 4 aromatic rings. The van der Waals surface area contributed by atoms with Crippen LogP contribution in [0, 0.1) is 15.9 Å². The number of halogens is 2. The average molecular weight is 401 g/mol. The Labute approximate surface area is 163 Å². The van der Waals surface area contributed by atoms with Gasteiger partial charge in [-0.05, 0) is 53.4 Å². The minimum atomic E-state index is -0.421. The molecule has 0 saturated carbocycles. The van der Waals surface area contributed by atoms with Crippen LogP contribution in [-0.2, 0) is 0 Å². The number of H-pyrrole nitrogens is 1. The van der Waals surface area contributed by atoms with Gasteiger partial charge in [0.05, 0.1) is 11.6 Å². The number of hydrogen-bond acceptors (Lipinski definition) is 3. The van der Waals surface area contributed by atoms with E-state index in [4.69, 9.17) is 11.6 Å². The van der Waals surface area contributed by atoms with Crippen LogP contribution in [0.4, 0.5) is 4.39 Å². The minimum Gasteiger partial charge on any atom is -0.354 e. The number of fused-ring (bicyclic) bond motifs is 1. The van der Waals surface area contributed by atoms with E-state index in [1.54, 1.807) is 24.3 Å². The molecule has 0 aliphatic heterocycles. The molecule has 2 aromatic carbocycles. The average Bonchev–Trinajstić information content (AvgIpc) is 3.28. The number of rotatable bonds is 5. The lowest BCUT2D eigenvalue weighted by molar-refractivity contribution is -0.481. The SMILES string of the molecule is O=[N+]([O-])CC(c1cccs1)c1c(-c2ccc(F)cc2)[nH]c2cc(Cl)ccc12. The molecule has 27 heavy (non-hydrogen) atoms. The maximum absolute atomic E-state index is 13.4. The van der Waals surface area contributed by atoms with E-state index >= 15 is 0 Å². The maximum atomic E-state index is 13.4. The second-order valence-corrected chi connectivity index (χ2v) is 7.61. The zero-order valence-corrected chi connectivity index (χ0v) is 15.6. The van der Waals surface area contributed by atoms with E-state index in [9.17, 15) is 14.5 Å². The molecule has 0 saturated heterocycles. The zero-order chi connectivity index (χ0) is 19.0. The lowest BCUT2D eigenvalue weighted by Crippen LogP contribution is -2.13. The third-order valence-electron chi connectivity index (χ3n) is 4.50. The molecule has 4 rings (SSSR count). The molecule has 136 valence electrons. The van der Waals surface area contributed by atoms with Crippen LogP contribution in [0.15, 0.2) is 60.0 Å². The minimum absolute atomic E-state index is 0.232. The van der Waals surface area contributed by atoms with E-state index in [-0.39, 0.29) is 17.3 Å². The van der Waals surface area contributed by atoms with Crippen molar-refractivity contribution in [3.63, 3.8) is 0 Å². The fraction of sp³-hybridized carbons (Fsp3) is 0.100. The van der Waals surface area contributed by atoms with E-state index in [0.29, 0.717) is 5.02 Å². The Hall–Kier alpha value is -2.70. The van der Waals surface area contributed by atoms with Crippen molar-refractivity contribution in [3.8, 4) is 11.3 Å². The zero-order valence-electron chi connectivity index (χ0n) is 14.0. The van der Waals surface area contributed by atoms with Crippen molar-refractivity contribution < 1.29 is 9.31 Å². The normalized spacial score (nSPS) is 12.4. The fourth-order valence-corrected chi connectivity index (χ4v) is 4.36. The van der Waals surface area contributed by atoms with Gasteiger partial charge in [0.15, 0.2) is 0 Å². The number of benzene rings is 2. The fourth-order valence-electron chi connectivity index (χ4n) is 3.36. The van der Waals surface area contributed by atoms with Gasteiger partial charge in [-0.2, -0.15) is 0 Å². The summed E-state index contributed by atoms with van der Waals surface area (Å²) in [6.07, 6.45) is 0. The van der Waals surface area contributed by atoms with Crippen LogP contribution in [0.5, 0.6) is 0 Å². The molecule has 0 radical (unpaired) electrons. The van der Waals surface area contributed by atoms with Crippen LogP contribution in [0.2, 0.25) is 5.02 Å². The Kier molecular flexibility index (Phi) is 4.68. The summed E-state index contributed by atoms with van der Waals surface area (Å²) in [5.74, 6) is -0.755. The van der Waals surface area contributed by atoms with Gasteiger partial charge in [-0.3, -0.25) is 10.1 Å². The molecule has 0 bridgehead atoms. The lowest BCUT2D eigenvalue weighted by atomic mass is 9.92. The highest BCUT2D eigenvalue weighted by Crippen LogP contribution is 2.40. The Morgan fingerprint density at radius 1 is 1.19 bits per heavy atom. The van der Waals surface area contributed by atoms with E-state index in [1.807, 2.05) is 23.6 Å². The highest BCUT2D eigenvalue weighted by molar-refractivity contribution is 7.10. The van der Waals surface area contributed by atoms with Gasteiger partial charge in [0, 0.05) is 31.3 Å². The molecule has 7 heteroatoms. The first kappa shape index (κ1) is 17.7. The number of hydrogen-bond donors (Lipinski definition) is 1. The topological polar surface area (TPSA) is 58.9 Å². The number of thiophene rings is 1. The molecular weight excluding hydrogens is 387 g/mol. The highest BCUT2D eigenvalue weighted by atomic mass is 35.5. The van der Waals surface area contributed by atoms with Crippen LogP contribution in [0.3, 0.4) is 0 Å².